The highest BCUT2D eigenvalue weighted by atomic mass is 19.4. The molecule has 0 spiro atoms. The van der Waals surface area contributed by atoms with E-state index in [2.05, 4.69) is 0 Å². The van der Waals surface area contributed by atoms with Gasteiger partial charge in [0.25, 0.3) is 0 Å². The molecule has 1 heterocycles. The van der Waals surface area contributed by atoms with Crippen molar-refractivity contribution in [1.29, 1.82) is 0 Å². The van der Waals surface area contributed by atoms with Gasteiger partial charge in [0.05, 0.1) is 25.2 Å². The highest BCUT2D eigenvalue weighted by Crippen LogP contribution is 2.33. The second-order valence-electron chi connectivity index (χ2n) is 6.05. The van der Waals surface area contributed by atoms with Crippen molar-refractivity contribution in [3.05, 3.63) is 59.4 Å². The molecule has 136 valence electrons. The molecule has 0 aliphatic carbocycles. The van der Waals surface area contributed by atoms with Crippen LogP contribution in [0.2, 0.25) is 0 Å². The molecule has 0 bridgehead atoms. The van der Waals surface area contributed by atoms with E-state index in [1.165, 1.54) is 12.1 Å². The van der Waals surface area contributed by atoms with E-state index in [9.17, 15) is 13.2 Å². The summed E-state index contributed by atoms with van der Waals surface area (Å²) in [6.45, 7) is 3.83. The maximum absolute atomic E-state index is 12.8. The molecule has 0 aliphatic rings. The van der Waals surface area contributed by atoms with E-state index in [-0.39, 0.29) is 0 Å². The summed E-state index contributed by atoms with van der Waals surface area (Å²) in [5, 5.41) is 1.83. The van der Waals surface area contributed by atoms with Gasteiger partial charge in [0.15, 0.2) is 11.4 Å². The first-order valence-electron chi connectivity index (χ1n) is 8.02. The largest absolute Gasteiger partial charge is 0.497 e. The molecule has 0 aliphatic heterocycles. The Bertz CT molecular complexity index is 964. The summed E-state index contributed by atoms with van der Waals surface area (Å²) in [4.78, 5) is 0. The highest BCUT2D eigenvalue weighted by Gasteiger charge is 2.31. The van der Waals surface area contributed by atoms with Crippen LogP contribution >= 0.6 is 0 Å². The molecule has 3 nitrogen and oxygen atoms in total. The van der Waals surface area contributed by atoms with Crippen LogP contribution in [0.4, 0.5) is 13.2 Å². The van der Waals surface area contributed by atoms with Crippen LogP contribution in [0, 0.1) is 13.8 Å². The molecule has 0 saturated heterocycles. The van der Waals surface area contributed by atoms with E-state index >= 15 is 0 Å². The zero-order valence-corrected chi connectivity index (χ0v) is 14.9. The Morgan fingerprint density at radius 3 is 2.08 bits per heavy atom. The van der Waals surface area contributed by atoms with Crippen molar-refractivity contribution in [3.8, 4) is 17.2 Å². The topological polar surface area (TPSA) is 22.3 Å². The summed E-state index contributed by atoms with van der Waals surface area (Å²) in [5.41, 5.74) is 1.76. The molecule has 3 rings (SSSR count). The lowest BCUT2D eigenvalue weighted by Crippen LogP contribution is -2.37. The number of hydrogen-bond donors (Lipinski definition) is 0. The van der Waals surface area contributed by atoms with Gasteiger partial charge < -0.3 is 9.47 Å². The van der Waals surface area contributed by atoms with Crippen LogP contribution in [0.5, 0.6) is 11.5 Å². The molecule has 0 atom stereocenters. The lowest BCUT2D eigenvalue weighted by Gasteiger charge is -2.12. The molecule has 3 aromatic rings. The van der Waals surface area contributed by atoms with Crippen LogP contribution in [-0.4, -0.2) is 14.2 Å². The Morgan fingerprint density at radius 1 is 0.885 bits per heavy atom. The summed E-state index contributed by atoms with van der Waals surface area (Å²) in [7, 11) is 3.17. The van der Waals surface area contributed by atoms with Gasteiger partial charge in [-0.2, -0.15) is 17.7 Å². The molecular formula is C20H19F3NO2+. The first-order chi connectivity index (χ1) is 12.3. The van der Waals surface area contributed by atoms with Crippen LogP contribution < -0.4 is 14.0 Å². The maximum Gasteiger partial charge on any atom is 0.416 e. The number of halogens is 3. The lowest BCUT2D eigenvalue weighted by molar-refractivity contribution is -0.607. The molecule has 0 N–H and O–H groups in total. The van der Waals surface area contributed by atoms with Crippen molar-refractivity contribution < 1.29 is 27.2 Å². The van der Waals surface area contributed by atoms with E-state index in [0.29, 0.717) is 17.2 Å². The van der Waals surface area contributed by atoms with Crippen molar-refractivity contribution in [3.63, 3.8) is 0 Å². The van der Waals surface area contributed by atoms with Gasteiger partial charge in [-0.05, 0) is 18.2 Å². The fourth-order valence-corrected chi connectivity index (χ4v) is 3.25. The zero-order chi connectivity index (χ0) is 19.1. The van der Waals surface area contributed by atoms with Crippen molar-refractivity contribution in [2.24, 2.45) is 0 Å². The van der Waals surface area contributed by atoms with Crippen LogP contribution in [0.3, 0.4) is 0 Å². The molecule has 0 saturated carbocycles. The number of ether oxygens (including phenoxy) is 2. The third kappa shape index (κ3) is 3.07. The zero-order valence-electron chi connectivity index (χ0n) is 14.9. The summed E-state index contributed by atoms with van der Waals surface area (Å²) in [6, 6.07) is 10.8. The van der Waals surface area contributed by atoms with Gasteiger partial charge in [0, 0.05) is 43.5 Å². The molecule has 6 heteroatoms. The molecule has 0 amide bonds. The fraction of sp³-hybridized carbons (Fsp3) is 0.250. The summed E-state index contributed by atoms with van der Waals surface area (Å²) in [5.74, 6) is 1.33. The van der Waals surface area contributed by atoms with Gasteiger partial charge in [-0.3, -0.25) is 0 Å². The number of rotatable bonds is 3. The van der Waals surface area contributed by atoms with Crippen molar-refractivity contribution in [2.75, 3.05) is 14.2 Å². The van der Waals surface area contributed by atoms with Gasteiger partial charge in [0.2, 0.25) is 5.69 Å². The van der Waals surface area contributed by atoms with Gasteiger partial charge >= 0.3 is 6.18 Å². The van der Waals surface area contributed by atoms with E-state index in [1.54, 1.807) is 20.3 Å². The maximum atomic E-state index is 12.8. The quantitative estimate of drug-likeness (QED) is 0.626. The average molecular weight is 362 g/mol. The minimum absolute atomic E-state index is 0.650. The first kappa shape index (κ1) is 18.0. The van der Waals surface area contributed by atoms with Crippen LogP contribution in [0.1, 0.15) is 17.0 Å². The Kier molecular flexibility index (Phi) is 4.52. The van der Waals surface area contributed by atoms with Gasteiger partial charge in [-0.25, -0.2) is 0 Å². The molecule has 0 unspecified atom stereocenters. The number of fused-ring (bicyclic) bond motifs is 1. The van der Waals surface area contributed by atoms with E-state index in [4.69, 9.17) is 9.47 Å². The number of alkyl halides is 3. The molecule has 2 aromatic carbocycles. The second-order valence-corrected chi connectivity index (χ2v) is 6.05. The number of methoxy groups -OCH3 is 2. The highest BCUT2D eigenvalue weighted by molar-refractivity contribution is 5.91. The van der Waals surface area contributed by atoms with E-state index < -0.39 is 11.7 Å². The minimum Gasteiger partial charge on any atom is -0.497 e. The van der Waals surface area contributed by atoms with E-state index in [0.717, 1.165) is 34.3 Å². The molecule has 0 fully saturated rings. The molecular weight excluding hydrogens is 343 g/mol. The predicted molar refractivity (Wildman–Crippen MR) is 93.1 cm³/mol. The standard InChI is InChI=1S/C20H19F3NO2/c1-12-9-14-10-17(25-3)11-18(26-4)19(14)13(2)24(12)16-7-5-15(6-8-16)20(21,22)23/h5-11H,1-4H3/q+1. The average Bonchev–Trinajstić information content (AvgIpc) is 2.60. The first-order valence-corrected chi connectivity index (χ1v) is 8.02. The van der Waals surface area contributed by atoms with E-state index in [1.807, 2.05) is 30.5 Å². The SMILES string of the molecule is COc1cc(OC)c2c(C)[n+](-c3ccc(C(F)(F)F)cc3)c(C)cc2c1. The van der Waals surface area contributed by atoms with Crippen LogP contribution in [0.25, 0.3) is 16.5 Å². The Labute approximate surface area is 149 Å². The molecule has 26 heavy (non-hydrogen) atoms. The third-order valence-electron chi connectivity index (χ3n) is 4.43. The van der Waals surface area contributed by atoms with Crippen molar-refractivity contribution >= 4 is 10.8 Å². The predicted octanol–water partition coefficient (Wildman–Crippen LogP) is 4.77. The second kappa shape index (κ2) is 6.52. The Morgan fingerprint density at radius 2 is 1.54 bits per heavy atom. The number of aryl methyl sites for hydroxylation is 2. The normalized spacial score (nSPS) is 11.7. The number of nitrogens with zero attached hydrogens (tertiary/aromatic N) is 1. The monoisotopic (exact) mass is 362 g/mol. The number of pyridine rings is 1. The Balaban J connectivity index is 2.24. The van der Waals surface area contributed by atoms with Crippen LogP contribution in [-0.2, 0) is 6.18 Å². The minimum atomic E-state index is -4.35. The summed E-state index contributed by atoms with van der Waals surface area (Å²) in [6.07, 6.45) is -4.35. The lowest BCUT2D eigenvalue weighted by atomic mass is 10.1. The number of aromatic nitrogens is 1. The van der Waals surface area contributed by atoms with Crippen molar-refractivity contribution in [1.82, 2.24) is 0 Å². The molecule has 0 radical (unpaired) electrons. The number of hydrogen-bond acceptors (Lipinski definition) is 2. The fourth-order valence-electron chi connectivity index (χ4n) is 3.25. The van der Waals surface area contributed by atoms with Gasteiger partial charge in [0.1, 0.15) is 11.5 Å². The Hall–Kier alpha value is -2.76. The smallest absolute Gasteiger partial charge is 0.416 e. The van der Waals surface area contributed by atoms with Gasteiger partial charge in [-0.15, -0.1) is 0 Å². The summed E-state index contributed by atoms with van der Waals surface area (Å²) < 4.78 is 51.2. The summed E-state index contributed by atoms with van der Waals surface area (Å²) >= 11 is 0. The van der Waals surface area contributed by atoms with Gasteiger partial charge in [-0.1, -0.05) is 0 Å². The van der Waals surface area contributed by atoms with Crippen LogP contribution in [0.15, 0.2) is 42.5 Å². The third-order valence-corrected chi connectivity index (χ3v) is 4.43. The van der Waals surface area contributed by atoms with Crippen molar-refractivity contribution in [2.45, 2.75) is 20.0 Å². The molecule has 1 aromatic heterocycles. The number of benzene rings is 2.